The molecule has 29 nitrogen and oxygen atoms in total. The lowest BCUT2D eigenvalue weighted by atomic mass is 9.99. The number of fused-ring (bicyclic) bond motifs is 1. The number of carboxylic acid groups (broad SMARTS) is 1. The van der Waals surface area contributed by atoms with E-state index >= 15 is 0 Å². The quantitative estimate of drug-likeness (QED) is 0.0460. The van der Waals surface area contributed by atoms with E-state index in [1.807, 2.05) is 0 Å². The van der Waals surface area contributed by atoms with Gasteiger partial charge in [0.15, 0.2) is 0 Å². The van der Waals surface area contributed by atoms with E-state index in [1.165, 1.54) is 12.5 Å². The summed E-state index contributed by atoms with van der Waals surface area (Å²) in [6, 6.07) is -5.82. The van der Waals surface area contributed by atoms with Crippen LogP contribution in [0.15, 0.2) is 43.0 Å². The number of carbonyl (C=O) groups is 12. The number of H-pyrrole nitrogens is 2. The molecule has 20 N–H and O–H groups in total. The van der Waals surface area contributed by atoms with Crippen molar-refractivity contribution in [1.82, 2.24) is 62.8 Å². The van der Waals surface area contributed by atoms with E-state index in [0.717, 1.165) is 21.6 Å². The number of nitrogens with two attached hydrogens (primary N) is 4. The van der Waals surface area contributed by atoms with Crippen LogP contribution in [0.1, 0.15) is 83.9 Å². The molecule has 450 valence electrons. The van der Waals surface area contributed by atoms with E-state index in [4.69, 9.17) is 22.9 Å². The molecule has 0 bridgehead atoms. The molecular formula is C51H76N16O13S2. The molecule has 11 amide bonds. The van der Waals surface area contributed by atoms with Gasteiger partial charge in [-0.3, -0.25) is 57.5 Å². The summed E-state index contributed by atoms with van der Waals surface area (Å²) in [6.07, 6.45) is 2.64. The molecule has 9 atom stereocenters. The highest BCUT2D eigenvalue weighted by atomic mass is 33.1. The van der Waals surface area contributed by atoms with Crippen LogP contribution in [0.4, 0.5) is 0 Å². The molecule has 31 heteroatoms. The largest absolute Gasteiger partial charge is 0.481 e. The van der Waals surface area contributed by atoms with Crippen LogP contribution in [0.2, 0.25) is 0 Å². The second-order valence-electron chi connectivity index (χ2n) is 20.4. The molecule has 3 heterocycles. The fraction of sp³-hybridized carbons (Fsp3) is 0.549. The number of aromatic amines is 2. The van der Waals surface area contributed by atoms with E-state index in [2.05, 4.69) is 62.8 Å². The molecule has 0 unspecified atom stereocenters. The molecule has 4 rings (SSSR count). The summed E-state index contributed by atoms with van der Waals surface area (Å²) in [4.78, 5) is 173. The summed E-state index contributed by atoms with van der Waals surface area (Å²) in [7, 11) is 2.08. The minimum absolute atomic E-state index is 0.0411. The second kappa shape index (κ2) is 33.2. The third-order valence-electron chi connectivity index (χ3n) is 12.8. The lowest BCUT2D eigenvalue weighted by Gasteiger charge is -2.29. The first-order valence-electron chi connectivity index (χ1n) is 26.6. The third kappa shape index (κ3) is 21.9. The van der Waals surface area contributed by atoms with Crippen molar-refractivity contribution < 1.29 is 62.6 Å². The number of amides is 11. The van der Waals surface area contributed by atoms with Gasteiger partial charge in [-0.05, 0) is 62.1 Å². The van der Waals surface area contributed by atoms with Crippen LogP contribution in [-0.2, 0) is 70.4 Å². The summed E-state index contributed by atoms with van der Waals surface area (Å²) < 4.78 is 0. The molecule has 1 saturated heterocycles. The summed E-state index contributed by atoms with van der Waals surface area (Å²) in [5.41, 5.74) is 24.8. The van der Waals surface area contributed by atoms with Crippen molar-refractivity contribution in [2.75, 3.05) is 24.6 Å². The molecule has 0 saturated carbocycles. The van der Waals surface area contributed by atoms with E-state index in [0.29, 0.717) is 28.6 Å². The van der Waals surface area contributed by atoms with Gasteiger partial charge in [0, 0.05) is 59.8 Å². The van der Waals surface area contributed by atoms with Gasteiger partial charge < -0.3 is 85.9 Å². The molecule has 2 aromatic heterocycles. The number of benzene rings is 1. The van der Waals surface area contributed by atoms with Gasteiger partial charge in [-0.25, -0.2) is 4.98 Å². The Morgan fingerprint density at radius 2 is 1.27 bits per heavy atom. The molecule has 0 spiro atoms. The first kappa shape index (κ1) is 66.7. The van der Waals surface area contributed by atoms with Crippen molar-refractivity contribution in [2.24, 2.45) is 34.8 Å². The summed E-state index contributed by atoms with van der Waals surface area (Å²) in [5.74, 6) is -12.7. The highest BCUT2D eigenvalue weighted by Crippen LogP contribution is 2.24. The Morgan fingerprint density at radius 1 is 0.671 bits per heavy atom. The van der Waals surface area contributed by atoms with Crippen molar-refractivity contribution in [3.8, 4) is 0 Å². The molecule has 82 heavy (non-hydrogen) atoms. The van der Waals surface area contributed by atoms with Gasteiger partial charge in [-0.15, -0.1) is 0 Å². The zero-order chi connectivity index (χ0) is 60.6. The van der Waals surface area contributed by atoms with Gasteiger partial charge in [0.05, 0.1) is 25.3 Å². The van der Waals surface area contributed by atoms with Crippen molar-refractivity contribution in [3.05, 3.63) is 54.2 Å². The zero-order valence-corrected chi connectivity index (χ0v) is 47.6. The molecule has 1 aliphatic heterocycles. The number of aromatic nitrogens is 3. The number of nitrogens with one attached hydrogen (secondary N) is 11. The number of carboxylic acids is 1. The minimum atomic E-state index is -1.74. The van der Waals surface area contributed by atoms with E-state index in [-0.39, 0.29) is 56.1 Å². The maximum atomic E-state index is 14.5. The van der Waals surface area contributed by atoms with Gasteiger partial charge in [0.1, 0.15) is 48.3 Å². The summed E-state index contributed by atoms with van der Waals surface area (Å²) in [6.45, 7) is 6.12. The fourth-order valence-electron chi connectivity index (χ4n) is 8.43. The number of rotatable bonds is 17. The Hall–Kier alpha value is -7.77. The molecule has 0 aliphatic carbocycles. The Balaban J connectivity index is 1.75. The van der Waals surface area contributed by atoms with Crippen LogP contribution >= 0.6 is 21.6 Å². The predicted molar refractivity (Wildman–Crippen MR) is 303 cm³/mol. The van der Waals surface area contributed by atoms with Crippen molar-refractivity contribution in [1.29, 1.82) is 0 Å². The smallest absolute Gasteiger partial charge is 0.303 e. The fourth-order valence-corrected chi connectivity index (χ4v) is 10.7. The number of imidazole rings is 1. The van der Waals surface area contributed by atoms with Gasteiger partial charge >= 0.3 is 5.97 Å². The normalized spacial score (nSPS) is 24.2. The Morgan fingerprint density at radius 3 is 1.89 bits per heavy atom. The van der Waals surface area contributed by atoms with Crippen molar-refractivity contribution >= 4 is 103 Å². The van der Waals surface area contributed by atoms with Crippen LogP contribution in [0.25, 0.3) is 10.9 Å². The minimum Gasteiger partial charge on any atom is -0.481 e. The summed E-state index contributed by atoms with van der Waals surface area (Å²) >= 11 is 0. The van der Waals surface area contributed by atoms with Gasteiger partial charge in [-0.1, -0.05) is 67.5 Å². The van der Waals surface area contributed by atoms with E-state index in [9.17, 15) is 62.6 Å². The molecule has 3 aromatic rings. The van der Waals surface area contributed by atoms with Gasteiger partial charge in [0.2, 0.25) is 65.0 Å². The summed E-state index contributed by atoms with van der Waals surface area (Å²) in [5, 5.41) is 33.1. The zero-order valence-electron chi connectivity index (χ0n) is 46.0. The number of unbranched alkanes of at least 4 members (excludes halogenated alkanes) is 1. The average molecular weight is 1190 g/mol. The van der Waals surface area contributed by atoms with E-state index in [1.54, 1.807) is 58.2 Å². The first-order chi connectivity index (χ1) is 38.9. The van der Waals surface area contributed by atoms with Crippen molar-refractivity contribution in [3.63, 3.8) is 0 Å². The van der Waals surface area contributed by atoms with Crippen LogP contribution in [0.3, 0.4) is 0 Å². The number of primary amides is 2. The topological polar surface area (TPSA) is 482 Å². The second-order valence-corrected chi connectivity index (χ2v) is 22.9. The van der Waals surface area contributed by atoms with Gasteiger partial charge in [0.25, 0.3) is 0 Å². The number of para-hydroxylation sites is 1. The van der Waals surface area contributed by atoms with Crippen LogP contribution < -0.4 is 70.8 Å². The van der Waals surface area contributed by atoms with Crippen LogP contribution in [-0.4, -0.2) is 170 Å². The Bertz CT molecular complexity index is 2730. The predicted octanol–water partition coefficient (Wildman–Crippen LogP) is -3.55. The number of carbonyl (C=O) groups excluding carboxylic acids is 11. The molecular weight excluding hydrogens is 1110 g/mol. The van der Waals surface area contributed by atoms with Crippen LogP contribution in [0, 0.1) is 11.8 Å². The highest BCUT2D eigenvalue weighted by molar-refractivity contribution is 8.76. The molecule has 1 aliphatic rings. The maximum Gasteiger partial charge on any atom is 0.303 e. The van der Waals surface area contributed by atoms with Crippen LogP contribution in [0.5, 0.6) is 0 Å². The Kier molecular flexibility index (Phi) is 27.0. The lowest BCUT2D eigenvalue weighted by Crippen LogP contribution is -2.60. The van der Waals surface area contributed by atoms with Gasteiger partial charge in [-0.2, -0.15) is 0 Å². The molecule has 0 radical (unpaired) electrons. The first-order valence-corrected chi connectivity index (χ1v) is 29.1. The SMILES string of the molecule is CC(C)C[C@@H]1NC(=O)[C@H](CCCCN)NC(=O)[C@H](CC(N)=O)NC(=O)CNC(=O)[C@H](CCC(=O)O)NC(=O)[C@H](Cc2c[nH]c3ccccc23)NC(=O)[C@H](Cc2cnc[nH]2)NC(=O)[C@@H](N)CSSC[C@@H](C(N)=O)NC(=O)[C@H](C(C)C)NC1=O. The van der Waals surface area contributed by atoms with Crippen molar-refractivity contribution in [2.45, 2.75) is 140 Å². The maximum absolute atomic E-state index is 14.5. The molecule has 1 fully saturated rings. The number of nitrogens with zero attached hydrogens (tertiary/aromatic N) is 1. The standard InChI is InChI=1S/C51H76N16O13S2/c1-25(2)15-34-50(79)67-42(26(3)4)51(80)66-38(43(55)72)23-82-81-22-30(53)44(73)63-36(17-28-20-56-24-59-28)48(77)65-35(16-27-19-57-31-10-6-5-9-29(27)31)47(76)62-33(12-13-41(70)71)45(74)58-21-40(69)60-37(18-39(54)68)49(78)61-32(46(75)64-34)11-7-8-14-52/h5-6,9-10,19-20,24-26,30,32-38,42,57H,7-8,11-18,21-23,52-53H2,1-4H3,(H2,54,68)(H2,55,72)(H,56,59)(H,58,74)(H,60,69)(H,61,78)(H,62,76)(H,63,73)(H,64,75)(H,65,77)(H,66,80)(H,67,79)(H,70,71)/t30-,32-,33-,34-,35-,36-,37-,38-,42-/m0/s1. The monoisotopic (exact) mass is 1180 g/mol. The lowest BCUT2D eigenvalue weighted by molar-refractivity contribution is -0.138. The molecule has 1 aromatic carbocycles. The number of aliphatic carboxylic acids is 1. The number of hydrogen-bond acceptors (Lipinski definition) is 17. The average Bonchev–Trinajstić information content (AvgIpc) is 4.13. The van der Waals surface area contributed by atoms with E-state index < -0.39 is 157 Å². The number of hydrogen-bond donors (Lipinski definition) is 16. The Labute approximate surface area is 480 Å². The third-order valence-corrected chi connectivity index (χ3v) is 15.3. The highest BCUT2D eigenvalue weighted by Gasteiger charge is 2.36.